The third kappa shape index (κ3) is 46.3. The summed E-state index contributed by atoms with van der Waals surface area (Å²) in [5, 5.41) is 0. The van der Waals surface area contributed by atoms with E-state index >= 15 is 0 Å². The molecule has 0 aromatic carbocycles. The van der Waals surface area contributed by atoms with Gasteiger partial charge in [0, 0.05) is 19.4 Å². The van der Waals surface area contributed by atoms with Gasteiger partial charge in [0.25, 0.3) is 0 Å². The van der Waals surface area contributed by atoms with Crippen LogP contribution >= 0.6 is 0 Å². The van der Waals surface area contributed by atoms with Crippen molar-refractivity contribution in [3.05, 3.63) is 60.8 Å². The molecular formula is C53H94O5. The highest BCUT2D eigenvalue weighted by Gasteiger charge is 2.17. The maximum Gasteiger partial charge on any atom is 0.306 e. The van der Waals surface area contributed by atoms with Crippen LogP contribution in [-0.2, 0) is 23.8 Å². The number of hydrogen-bond acceptors (Lipinski definition) is 5. The fraction of sp³-hybridized carbons (Fsp3) is 0.774. The molecular weight excluding hydrogens is 717 g/mol. The highest BCUT2D eigenvalue weighted by Crippen LogP contribution is 2.14. The molecule has 0 aromatic rings. The molecule has 336 valence electrons. The van der Waals surface area contributed by atoms with Crippen LogP contribution in [0.4, 0.5) is 0 Å². The summed E-state index contributed by atoms with van der Waals surface area (Å²) in [4.78, 5) is 25.3. The Hall–Kier alpha value is -2.40. The Bertz CT molecular complexity index is 1010. The van der Waals surface area contributed by atoms with Crippen molar-refractivity contribution in [1.82, 2.24) is 0 Å². The number of esters is 2. The van der Waals surface area contributed by atoms with E-state index in [0.717, 1.165) is 83.5 Å². The number of hydrogen-bond donors (Lipinski definition) is 0. The SMILES string of the molecule is CC/C=C\C/C=C\C/C=C\C/C=C\CCCCCOCC(COC(=O)CCCCCCCCC/C=C\CCCCCCCC)OC(=O)CCCCCCCCCCC. The topological polar surface area (TPSA) is 61.8 Å². The van der Waals surface area contributed by atoms with E-state index in [1.165, 1.54) is 122 Å². The van der Waals surface area contributed by atoms with E-state index < -0.39 is 6.10 Å². The zero-order valence-electron chi connectivity index (χ0n) is 38.6. The number of rotatable bonds is 45. The minimum Gasteiger partial charge on any atom is -0.462 e. The predicted octanol–water partition coefficient (Wildman–Crippen LogP) is 16.6. The molecule has 0 fully saturated rings. The molecule has 58 heavy (non-hydrogen) atoms. The second-order valence-electron chi connectivity index (χ2n) is 16.3. The van der Waals surface area contributed by atoms with Crippen molar-refractivity contribution in [3.63, 3.8) is 0 Å². The molecule has 1 atom stereocenters. The number of carbonyl (C=O) groups is 2. The second kappa shape index (κ2) is 49.0. The molecule has 0 heterocycles. The quantitative estimate of drug-likeness (QED) is 0.0348. The Morgan fingerprint density at radius 2 is 0.776 bits per heavy atom. The van der Waals surface area contributed by atoms with Crippen LogP contribution in [0.1, 0.15) is 239 Å². The minimum atomic E-state index is -0.551. The van der Waals surface area contributed by atoms with Crippen LogP contribution in [0.3, 0.4) is 0 Å². The van der Waals surface area contributed by atoms with E-state index in [1.54, 1.807) is 0 Å². The maximum atomic E-state index is 12.7. The zero-order chi connectivity index (χ0) is 42.1. The fourth-order valence-electron chi connectivity index (χ4n) is 6.85. The molecule has 0 spiro atoms. The van der Waals surface area contributed by atoms with Crippen molar-refractivity contribution in [3.8, 4) is 0 Å². The van der Waals surface area contributed by atoms with Gasteiger partial charge >= 0.3 is 11.9 Å². The predicted molar refractivity (Wildman–Crippen MR) is 251 cm³/mol. The van der Waals surface area contributed by atoms with Gasteiger partial charge in [-0.1, -0.05) is 204 Å². The molecule has 0 amide bonds. The highest BCUT2D eigenvalue weighted by atomic mass is 16.6. The summed E-state index contributed by atoms with van der Waals surface area (Å²) in [5.74, 6) is -0.418. The third-order valence-electron chi connectivity index (χ3n) is 10.5. The number of ether oxygens (including phenoxy) is 3. The Morgan fingerprint density at radius 3 is 1.26 bits per heavy atom. The molecule has 0 bridgehead atoms. The number of unbranched alkanes of at least 4 members (excludes halogenated alkanes) is 24. The van der Waals surface area contributed by atoms with Gasteiger partial charge in [-0.2, -0.15) is 0 Å². The van der Waals surface area contributed by atoms with Gasteiger partial charge in [-0.15, -0.1) is 0 Å². The Balaban J connectivity index is 4.24. The molecule has 0 N–H and O–H groups in total. The summed E-state index contributed by atoms with van der Waals surface area (Å²) in [6, 6.07) is 0. The molecule has 0 saturated carbocycles. The van der Waals surface area contributed by atoms with Gasteiger partial charge in [0.1, 0.15) is 6.61 Å². The van der Waals surface area contributed by atoms with Gasteiger partial charge in [0.2, 0.25) is 0 Å². The summed E-state index contributed by atoms with van der Waals surface area (Å²) in [7, 11) is 0. The highest BCUT2D eigenvalue weighted by molar-refractivity contribution is 5.70. The fourth-order valence-corrected chi connectivity index (χ4v) is 6.85. The molecule has 0 radical (unpaired) electrons. The molecule has 0 aromatic heterocycles. The normalized spacial score (nSPS) is 12.7. The Kier molecular flexibility index (Phi) is 46.9. The van der Waals surface area contributed by atoms with Gasteiger partial charge in [-0.05, 0) is 83.5 Å². The first-order valence-electron chi connectivity index (χ1n) is 24.8. The first kappa shape index (κ1) is 55.6. The molecule has 0 aliphatic carbocycles. The zero-order valence-corrected chi connectivity index (χ0v) is 38.6. The smallest absolute Gasteiger partial charge is 0.306 e. The van der Waals surface area contributed by atoms with Gasteiger partial charge < -0.3 is 14.2 Å². The van der Waals surface area contributed by atoms with E-state index in [9.17, 15) is 9.59 Å². The van der Waals surface area contributed by atoms with Crippen LogP contribution in [0, 0.1) is 0 Å². The molecule has 5 heteroatoms. The molecule has 1 unspecified atom stereocenters. The van der Waals surface area contributed by atoms with Gasteiger partial charge in [-0.25, -0.2) is 0 Å². The molecule has 0 saturated heterocycles. The summed E-state index contributed by atoms with van der Waals surface area (Å²) >= 11 is 0. The van der Waals surface area contributed by atoms with E-state index in [1.807, 2.05) is 0 Å². The van der Waals surface area contributed by atoms with Crippen LogP contribution < -0.4 is 0 Å². The van der Waals surface area contributed by atoms with Crippen molar-refractivity contribution in [2.75, 3.05) is 19.8 Å². The summed E-state index contributed by atoms with van der Waals surface area (Å²) < 4.78 is 17.3. The standard InChI is InChI=1S/C53H94O5/c1-4-7-10-13-16-19-21-23-25-27-28-30-32-35-37-40-43-46-52(54)57-50-51(58-53(55)47-44-41-38-34-18-15-12-9-6-3)49-56-48-45-42-39-36-33-31-29-26-24-22-20-17-14-11-8-5-2/h8,11,17,20,23-26,31,33,51H,4-7,9-10,12-16,18-19,21-22,27-30,32,34-50H2,1-3H3/b11-8-,20-17-,25-23-,26-24-,33-31-. The number of carbonyl (C=O) groups excluding carboxylic acids is 2. The second-order valence-corrected chi connectivity index (χ2v) is 16.3. The van der Waals surface area contributed by atoms with Crippen molar-refractivity contribution < 1.29 is 23.8 Å². The summed E-state index contributed by atoms with van der Waals surface area (Å²) in [5.41, 5.74) is 0. The van der Waals surface area contributed by atoms with Gasteiger partial charge in [-0.3, -0.25) is 9.59 Å². The van der Waals surface area contributed by atoms with Crippen LogP contribution in [-0.4, -0.2) is 37.9 Å². The van der Waals surface area contributed by atoms with Gasteiger partial charge in [0.05, 0.1) is 6.61 Å². The number of allylic oxidation sites excluding steroid dienone is 10. The van der Waals surface area contributed by atoms with E-state index in [-0.39, 0.29) is 25.2 Å². The maximum absolute atomic E-state index is 12.7. The first-order chi connectivity index (χ1) is 28.6. The average Bonchev–Trinajstić information content (AvgIpc) is 3.22. The summed E-state index contributed by atoms with van der Waals surface area (Å²) in [6.45, 7) is 7.63. The third-order valence-corrected chi connectivity index (χ3v) is 10.5. The molecule has 0 aliphatic rings. The lowest BCUT2D eigenvalue weighted by atomic mass is 10.1. The lowest BCUT2D eigenvalue weighted by molar-refractivity contribution is -0.163. The van der Waals surface area contributed by atoms with Crippen LogP contribution in [0.2, 0.25) is 0 Å². The van der Waals surface area contributed by atoms with Crippen LogP contribution in [0.5, 0.6) is 0 Å². The molecule has 0 rings (SSSR count). The Labute approximate surface area is 360 Å². The van der Waals surface area contributed by atoms with Crippen LogP contribution in [0.15, 0.2) is 60.8 Å². The first-order valence-corrected chi connectivity index (χ1v) is 24.8. The van der Waals surface area contributed by atoms with Gasteiger partial charge in [0.15, 0.2) is 6.10 Å². The lowest BCUT2D eigenvalue weighted by Crippen LogP contribution is -2.30. The average molecular weight is 811 g/mol. The monoisotopic (exact) mass is 811 g/mol. The van der Waals surface area contributed by atoms with Crippen molar-refractivity contribution >= 4 is 11.9 Å². The molecule has 0 aliphatic heterocycles. The van der Waals surface area contributed by atoms with E-state index in [2.05, 4.69) is 81.5 Å². The van der Waals surface area contributed by atoms with E-state index in [4.69, 9.17) is 14.2 Å². The van der Waals surface area contributed by atoms with Crippen molar-refractivity contribution in [2.45, 2.75) is 245 Å². The molecule has 5 nitrogen and oxygen atoms in total. The Morgan fingerprint density at radius 1 is 0.397 bits per heavy atom. The largest absolute Gasteiger partial charge is 0.462 e. The van der Waals surface area contributed by atoms with Crippen molar-refractivity contribution in [1.29, 1.82) is 0 Å². The summed E-state index contributed by atoms with van der Waals surface area (Å²) in [6.07, 6.45) is 60.9. The lowest BCUT2D eigenvalue weighted by Gasteiger charge is -2.18. The van der Waals surface area contributed by atoms with Crippen LogP contribution in [0.25, 0.3) is 0 Å². The van der Waals surface area contributed by atoms with Crippen molar-refractivity contribution in [2.24, 2.45) is 0 Å². The minimum absolute atomic E-state index is 0.0710. The van der Waals surface area contributed by atoms with E-state index in [0.29, 0.717) is 19.4 Å².